The lowest BCUT2D eigenvalue weighted by molar-refractivity contribution is 0.172. The average molecular weight is 104 g/mol. The van der Waals surface area contributed by atoms with Crippen LogP contribution in [0.5, 0.6) is 0 Å². The molecule has 1 rings (SSSR count). The Morgan fingerprint density at radius 1 is 1.14 bits per heavy atom. The minimum Gasteiger partial charge on any atom is -0.193 e. The molecule has 0 saturated carbocycles. The zero-order valence-electron chi connectivity index (χ0n) is 3.31. The number of nitrogens with zero attached hydrogens (tertiary/aromatic N) is 2. The molecule has 0 spiro atoms. The van der Waals surface area contributed by atoms with Gasteiger partial charge in [-0.05, 0) is 0 Å². The first-order chi connectivity index (χ1) is 3.21. The number of hydrogen-bond acceptors (Lipinski definition) is 2. The Kier molecular flexibility index (Phi) is 0.675. The predicted molar refractivity (Wildman–Crippen MR) is 21.9 cm³/mol. The summed E-state index contributed by atoms with van der Waals surface area (Å²) in [5.74, 6) is -2.89. The molecule has 38 valence electrons. The van der Waals surface area contributed by atoms with Crippen LogP contribution in [0.1, 0.15) is 0 Å². The van der Waals surface area contributed by atoms with E-state index in [1.807, 2.05) is 0 Å². The molecule has 1 aliphatic heterocycles. The molecule has 0 radical (unpaired) electrons. The zero-order valence-corrected chi connectivity index (χ0v) is 3.31. The third-order valence-corrected chi connectivity index (χ3v) is 0.526. The van der Waals surface area contributed by atoms with E-state index in [-0.39, 0.29) is 0 Å². The maximum atomic E-state index is 11.6. The van der Waals surface area contributed by atoms with E-state index in [4.69, 9.17) is 0 Å². The van der Waals surface area contributed by atoms with Crippen LogP contribution in [0.4, 0.5) is 8.78 Å². The second-order valence-corrected chi connectivity index (χ2v) is 1.16. The highest BCUT2D eigenvalue weighted by Gasteiger charge is 2.26. The molecule has 1 heterocycles. The number of rotatable bonds is 0. The molecular weight excluding hydrogens is 102 g/mol. The van der Waals surface area contributed by atoms with Gasteiger partial charge < -0.3 is 0 Å². The quantitative estimate of drug-likeness (QED) is 0.432. The van der Waals surface area contributed by atoms with E-state index in [0.717, 1.165) is 0 Å². The van der Waals surface area contributed by atoms with Gasteiger partial charge in [0, 0.05) is 0 Å². The number of hydrogen-bond donors (Lipinski definition) is 0. The third kappa shape index (κ3) is 0.792. The molecule has 7 heavy (non-hydrogen) atoms. The van der Waals surface area contributed by atoms with Crippen molar-refractivity contribution in [3.05, 3.63) is 0 Å². The van der Waals surface area contributed by atoms with Crippen LogP contribution in [0.2, 0.25) is 0 Å². The summed E-state index contributed by atoms with van der Waals surface area (Å²) in [6.07, 6.45) is 0.986. The molecule has 0 amide bonds. The first kappa shape index (κ1) is 4.36. The van der Waals surface area contributed by atoms with Crippen molar-refractivity contribution in [2.45, 2.75) is 5.92 Å². The van der Waals surface area contributed by atoms with Crippen LogP contribution >= 0.6 is 0 Å². The summed E-state index contributed by atoms with van der Waals surface area (Å²) in [5.41, 5.74) is 0. The molecule has 0 atom stereocenters. The van der Waals surface area contributed by atoms with Crippen LogP contribution in [-0.2, 0) is 0 Å². The van der Waals surface area contributed by atoms with Crippen molar-refractivity contribution < 1.29 is 8.78 Å². The highest BCUT2D eigenvalue weighted by Crippen LogP contribution is 2.09. The molecule has 0 fully saturated rings. The van der Waals surface area contributed by atoms with Gasteiger partial charge in [-0.25, -0.2) is 0 Å². The van der Waals surface area contributed by atoms with Crippen molar-refractivity contribution >= 4 is 12.4 Å². The fourth-order valence-electron chi connectivity index (χ4n) is 0.254. The van der Waals surface area contributed by atoms with E-state index in [1.165, 1.54) is 0 Å². The molecule has 0 saturated heterocycles. The smallest absolute Gasteiger partial charge is 0.193 e. The van der Waals surface area contributed by atoms with Crippen LogP contribution in [0.15, 0.2) is 10.2 Å². The zero-order chi connectivity index (χ0) is 5.33. The molecule has 0 aromatic carbocycles. The van der Waals surface area contributed by atoms with Gasteiger partial charge in [-0.15, -0.1) is 0 Å². The highest BCUT2D eigenvalue weighted by atomic mass is 19.3. The molecule has 0 aromatic heterocycles. The van der Waals surface area contributed by atoms with Crippen LogP contribution in [-0.4, -0.2) is 18.4 Å². The van der Waals surface area contributed by atoms with Gasteiger partial charge in [0.15, 0.2) is 0 Å². The third-order valence-electron chi connectivity index (χ3n) is 0.526. The Labute approximate surface area is 38.6 Å². The molecule has 0 bridgehead atoms. The highest BCUT2D eigenvalue weighted by molar-refractivity contribution is 5.93. The molecule has 0 aliphatic carbocycles. The van der Waals surface area contributed by atoms with Gasteiger partial charge in [-0.2, -0.15) is 19.0 Å². The average Bonchev–Trinajstić information content (AvgIpc) is 1.84. The molecule has 1 aliphatic rings. The summed E-state index contributed by atoms with van der Waals surface area (Å²) < 4.78 is 23.3. The van der Waals surface area contributed by atoms with E-state index < -0.39 is 5.92 Å². The fourth-order valence-corrected chi connectivity index (χ4v) is 0.254. The van der Waals surface area contributed by atoms with Crippen LogP contribution in [0.3, 0.4) is 0 Å². The monoisotopic (exact) mass is 104 g/mol. The van der Waals surface area contributed by atoms with E-state index in [1.54, 1.807) is 0 Å². The van der Waals surface area contributed by atoms with Crippen molar-refractivity contribution in [1.82, 2.24) is 0 Å². The molecule has 0 aromatic rings. The van der Waals surface area contributed by atoms with Crippen molar-refractivity contribution in [2.75, 3.05) is 0 Å². The first-order valence-corrected chi connectivity index (χ1v) is 1.67. The van der Waals surface area contributed by atoms with Gasteiger partial charge in [0.2, 0.25) is 0 Å². The minimum atomic E-state index is -2.89. The SMILES string of the molecule is FC1(F)C=NN=C1. The topological polar surface area (TPSA) is 24.7 Å². The largest absolute Gasteiger partial charge is 0.321 e. The summed E-state index contributed by atoms with van der Waals surface area (Å²) in [6.45, 7) is 0. The summed E-state index contributed by atoms with van der Waals surface area (Å²) in [5, 5.41) is 5.86. The van der Waals surface area contributed by atoms with Gasteiger partial charge >= 0.3 is 5.92 Å². The molecule has 0 N–H and O–H groups in total. The van der Waals surface area contributed by atoms with Crippen molar-refractivity contribution in [2.24, 2.45) is 10.2 Å². The van der Waals surface area contributed by atoms with Gasteiger partial charge in [-0.1, -0.05) is 0 Å². The predicted octanol–water partition coefficient (Wildman–Crippen LogP) is 0.692. The van der Waals surface area contributed by atoms with E-state index in [2.05, 4.69) is 10.2 Å². The maximum absolute atomic E-state index is 11.6. The Balaban J connectivity index is 2.77. The summed E-state index contributed by atoms with van der Waals surface area (Å²) in [7, 11) is 0. The maximum Gasteiger partial charge on any atom is 0.321 e. The molecule has 2 nitrogen and oxygen atoms in total. The van der Waals surface area contributed by atoms with E-state index in [9.17, 15) is 8.78 Å². The van der Waals surface area contributed by atoms with Gasteiger partial charge in [-0.3, -0.25) is 0 Å². The second-order valence-electron chi connectivity index (χ2n) is 1.16. The van der Waals surface area contributed by atoms with Crippen molar-refractivity contribution in [3.63, 3.8) is 0 Å². The summed E-state index contributed by atoms with van der Waals surface area (Å²) in [6, 6.07) is 0. The Morgan fingerprint density at radius 3 is 1.71 bits per heavy atom. The van der Waals surface area contributed by atoms with Gasteiger partial charge in [0.25, 0.3) is 0 Å². The van der Waals surface area contributed by atoms with E-state index in [0.29, 0.717) is 12.4 Å². The van der Waals surface area contributed by atoms with Crippen molar-refractivity contribution in [3.8, 4) is 0 Å². The Morgan fingerprint density at radius 2 is 1.57 bits per heavy atom. The Hall–Kier alpha value is -0.800. The molecule has 4 heteroatoms. The normalized spacial score (nSPS) is 23.7. The van der Waals surface area contributed by atoms with Crippen LogP contribution in [0.25, 0.3) is 0 Å². The number of halogens is 2. The van der Waals surface area contributed by atoms with Crippen LogP contribution in [0, 0.1) is 0 Å². The number of alkyl halides is 2. The molecular formula is C3H2F2N2. The molecule has 0 unspecified atom stereocenters. The first-order valence-electron chi connectivity index (χ1n) is 1.67. The standard InChI is InChI=1S/C3H2F2N2/c4-3(5)1-6-7-2-3/h1-2H. The lowest BCUT2D eigenvalue weighted by Crippen LogP contribution is -2.15. The summed E-state index contributed by atoms with van der Waals surface area (Å²) >= 11 is 0. The van der Waals surface area contributed by atoms with Gasteiger partial charge in [0.05, 0.1) is 0 Å². The minimum absolute atomic E-state index is 0.493. The lowest BCUT2D eigenvalue weighted by Gasteiger charge is -1.92. The van der Waals surface area contributed by atoms with Gasteiger partial charge in [0.1, 0.15) is 12.4 Å². The van der Waals surface area contributed by atoms with Crippen LogP contribution < -0.4 is 0 Å². The second kappa shape index (κ2) is 1.08. The summed E-state index contributed by atoms with van der Waals surface area (Å²) in [4.78, 5) is 0. The van der Waals surface area contributed by atoms with Crippen molar-refractivity contribution in [1.29, 1.82) is 0 Å². The Bertz CT molecular complexity index is 113. The lowest BCUT2D eigenvalue weighted by atomic mass is 10.4. The fraction of sp³-hybridized carbons (Fsp3) is 0.333. The van der Waals surface area contributed by atoms with E-state index >= 15 is 0 Å².